The molecular formula is C19H21Cl2NO2S. The second kappa shape index (κ2) is 8.09. The van der Waals surface area contributed by atoms with E-state index in [0.717, 1.165) is 31.4 Å². The van der Waals surface area contributed by atoms with E-state index in [1.807, 2.05) is 12.1 Å². The quantitative estimate of drug-likeness (QED) is 0.723. The van der Waals surface area contributed by atoms with Crippen LogP contribution in [0.3, 0.4) is 0 Å². The van der Waals surface area contributed by atoms with Crippen LogP contribution < -0.4 is 0 Å². The average molecular weight is 398 g/mol. The molecule has 0 radical (unpaired) electrons. The lowest BCUT2D eigenvalue weighted by Crippen LogP contribution is -2.41. The Morgan fingerprint density at radius 1 is 1.36 bits per heavy atom. The number of likely N-dealkylation sites (tertiary alicyclic amines) is 1. The molecule has 1 aliphatic rings. The maximum absolute atomic E-state index is 11.5. The van der Waals surface area contributed by atoms with Gasteiger partial charge in [0.15, 0.2) is 0 Å². The molecule has 3 rings (SSSR count). The van der Waals surface area contributed by atoms with Crippen molar-refractivity contribution in [2.45, 2.75) is 32.2 Å². The molecular weight excluding hydrogens is 377 g/mol. The van der Waals surface area contributed by atoms with E-state index in [2.05, 4.69) is 24.0 Å². The molecule has 1 saturated heterocycles. The lowest BCUT2D eigenvalue weighted by molar-refractivity contribution is -0.143. The van der Waals surface area contributed by atoms with Gasteiger partial charge in [0, 0.05) is 16.3 Å². The molecule has 134 valence electrons. The number of nitrogens with zero attached hydrogens (tertiary/aromatic N) is 1. The van der Waals surface area contributed by atoms with Gasteiger partial charge in [0.05, 0.1) is 22.0 Å². The third kappa shape index (κ3) is 4.03. The summed E-state index contributed by atoms with van der Waals surface area (Å²) in [6, 6.07) is 9.91. The number of piperidine rings is 1. The number of aryl methyl sites for hydroxylation is 1. The number of carboxylic acid groups (broad SMARTS) is 1. The highest BCUT2D eigenvalue weighted by molar-refractivity contribution is 7.12. The Balaban J connectivity index is 2.02. The number of benzene rings is 1. The van der Waals surface area contributed by atoms with Gasteiger partial charge in [0.1, 0.15) is 0 Å². The van der Waals surface area contributed by atoms with E-state index in [1.165, 1.54) is 9.75 Å². The molecule has 1 N–H and O–H groups in total. The minimum Gasteiger partial charge on any atom is -0.481 e. The van der Waals surface area contributed by atoms with Gasteiger partial charge in [0.25, 0.3) is 0 Å². The Bertz CT molecular complexity index is 762. The van der Waals surface area contributed by atoms with Gasteiger partial charge in [-0.1, -0.05) is 42.3 Å². The molecule has 0 amide bonds. The summed E-state index contributed by atoms with van der Waals surface area (Å²) in [4.78, 5) is 16.2. The van der Waals surface area contributed by atoms with Crippen molar-refractivity contribution in [3.05, 3.63) is 55.7 Å². The molecule has 0 spiro atoms. The molecule has 3 nitrogen and oxygen atoms in total. The molecule has 2 unspecified atom stereocenters. The Hall–Kier alpha value is -1.07. The fourth-order valence-electron chi connectivity index (χ4n) is 3.44. The van der Waals surface area contributed by atoms with Crippen molar-refractivity contribution >= 4 is 40.5 Å². The Kier molecular flexibility index (Phi) is 6.05. The molecule has 0 bridgehead atoms. The molecule has 0 aliphatic carbocycles. The van der Waals surface area contributed by atoms with Gasteiger partial charge in [0.2, 0.25) is 0 Å². The SMILES string of the molecule is CCc1ccc(C(c2cccc(Cl)c2Cl)N2CCCC(C(=O)O)C2)s1. The van der Waals surface area contributed by atoms with Crippen molar-refractivity contribution in [3.8, 4) is 0 Å². The smallest absolute Gasteiger partial charge is 0.307 e. The average Bonchev–Trinajstić information content (AvgIpc) is 3.08. The Morgan fingerprint density at radius 2 is 2.16 bits per heavy atom. The molecule has 25 heavy (non-hydrogen) atoms. The fourth-order valence-corrected chi connectivity index (χ4v) is 4.95. The van der Waals surface area contributed by atoms with Gasteiger partial charge in [-0.2, -0.15) is 0 Å². The van der Waals surface area contributed by atoms with Crippen LogP contribution in [0.25, 0.3) is 0 Å². The summed E-state index contributed by atoms with van der Waals surface area (Å²) < 4.78 is 0. The van der Waals surface area contributed by atoms with Gasteiger partial charge in [-0.15, -0.1) is 11.3 Å². The van der Waals surface area contributed by atoms with Crippen molar-refractivity contribution in [2.75, 3.05) is 13.1 Å². The highest BCUT2D eigenvalue weighted by atomic mass is 35.5. The minimum absolute atomic E-state index is 0.0568. The Morgan fingerprint density at radius 3 is 2.84 bits per heavy atom. The van der Waals surface area contributed by atoms with Crippen molar-refractivity contribution in [3.63, 3.8) is 0 Å². The number of rotatable bonds is 5. The number of hydrogen-bond donors (Lipinski definition) is 1. The largest absolute Gasteiger partial charge is 0.481 e. The number of halogens is 2. The van der Waals surface area contributed by atoms with E-state index < -0.39 is 5.97 Å². The Labute approximate surface area is 162 Å². The van der Waals surface area contributed by atoms with Gasteiger partial charge in [-0.3, -0.25) is 9.69 Å². The molecule has 2 atom stereocenters. The van der Waals surface area contributed by atoms with Crippen LogP contribution in [-0.2, 0) is 11.2 Å². The van der Waals surface area contributed by atoms with Crippen molar-refractivity contribution in [2.24, 2.45) is 5.92 Å². The third-order valence-corrected chi connectivity index (χ3v) is 6.86. The molecule has 1 aromatic carbocycles. The van der Waals surface area contributed by atoms with Gasteiger partial charge >= 0.3 is 5.97 Å². The summed E-state index contributed by atoms with van der Waals surface area (Å²) in [5.41, 5.74) is 0.949. The standard InChI is InChI=1S/C19H21Cl2NO2S/c1-2-13-8-9-16(25-13)18(14-6-3-7-15(20)17(14)21)22-10-4-5-12(11-22)19(23)24/h3,6-9,12,18H,2,4-5,10-11H2,1H3,(H,23,24). The van der Waals surface area contributed by atoms with Crippen molar-refractivity contribution in [1.82, 2.24) is 4.90 Å². The summed E-state index contributed by atoms with van der Waals surface area (Å²) in [6.07, 6.45) is 2.59. The molecule has 0 saturated carbocycles. The van der Waals surface area contributed by atoms with E-state index in [-0.39, 0.29) is 12.0 Å². The van der Waals surface area contributed by atoms with E-state index in [1.54, 1.807) is 17.4 Å². The predicted molar refractivity (Wildman–Crippen MR) is 104 cm³/mol. The second-order valence-electron chi connectivity index (χ2n) is 6.38. The molecule has 2 aromatic rings. The number of carbonyl (C=O) groups is 1. The number of carboxylic acids is 1. The minimum atomic E-state index is -0.721. The van der Waals surface area contributed by atoms with Crippen LogP contribution >= 0.6 is 34.5 Å². The topological polar surface area (TPSA) is 40.5 Å². The summed E-state index contributed by atoms with van der Waals surface area (Å²) >= 11 is 14.5. The summed E-state index contributed by atoms with van der Waals surface area (Å²) in [5, 5.41) is 10.5. The number of aliphatic carboxylic acids is 1. The fraction of sp³-hybridized carbons (Fsp3) is 0.421. The van der Waals surface area contributed by atoms with Crippen LogP contribution in [0.1, 0.15) is 41.1 Å². The van der Waals surface area contributed by atoms with E-state index >= 15 is 0 Å². The molecule has 6 heteroatoms. The first-order valence-corrected chi connectivity index (χ1v) is 10.1. The van der Waals surface area contributed by atoms with E-state index in [0.29, 0.717) is 16.6 Å². The van der Waals surface area contributed by atoms with E-state index in [9.17, 15) is 9.90 Å². The maximum atomic E-state index is 11.5. The van der Waals surface area contributed by atoms with Crippen molar-refractivity contribution in [1.29, 1.82) is 0 Å². The maximum Gasteiger partial charge on any atom is 0.307 e. The van der Waals surface area contributed by atoms with Gasteiger partial charge in [-0.05, 0) is 49.6 Å². The second-order valence-corrected chi connectivity index (χ2v) is 8.36. The van der Waals surface area contributed by atoms with Crippen LogP contribution in [0, 0.1) is 5.92 Å². The first kappa shape index (κ1) is 18.7. The third-order valence-electron chi connectivity index (χ3n) is 4.74. The van der Waals surface area contributed by atoms with Crippen LogP contribution in [0.4, 0.5) is 0 Å². The van der Waals surface area contributed by atoms with Crippen LogP contribution in [0.2, 0.25) is 10.0 Å². The lowest BCUT2D eigenvalue weighted by atomic mass is 9.94. The van der Waals surface area contributed by atoms with Gasteiger partial charge < -0.3 is 5.11 Å². The first-order chi connectivity index (χ1) is 12.0. The monoisotopic (exact) mass is 397 g/mol. The van der Waals surface area contributed by atoms with Crippen LogP contribution in [0.5, 0.6) is 0 Å². The first-order valence-electron chi connectivity index (χ1n) is 8.50. The normalized spacial score (nSPS) is 19.7. The zero-order chi connectivity index (χ0) is 18.0. The van der Waals surface area contributed by atoms with Gasteiger partial charge in [-0.25, -0.2) is 0 Å². The lowest BCUT2D eigenvalue weighted by Gasteiger charge is -2.37. The zero-order valence-corrected chi connectivity index (χ0v) is 16.4. The summed E-state index contributed by atoms with van der Waals surface area (Å²) in [5.74, 6) is -1.05. The van der Waals surface area contributed by atoms with Crippen LogP contribution in [0.15, 0.2) is 30.3 Å². The highest BCUT2D eigenvalue weighted by Crippen LogP contribution is 2.41. The zero-order valence-electron chi connectivity index (χ0n) is 14.0. The highest BCUT2D eigenvalue weighted by Gasteiger charge is 2.33. The molecule has 2 heterocycles. The number of thiophene rings is 1. The van der Waals surface area contributed by atoms with E-state index in [4.69, 9.17) is 23.2 Å². The molecule has 1 aliphatic heterocycles. The van der Waals surface area contributed by atoms with Crippen molar-refractivity contribution < 1.29 is 9.90 Å². The van der Waals surface area contributed by atoms with Crippen LogP contribution in [-0.4, -0.2) is 29.1 Å². The number of hydrogen-bond acceptors (Lipinski definition) is 3. The molecule has 1 aromatic heterocycles. The molecule has 1 fully saturated rings. The summed E-state index contributed by atoms with van der Waals surface area (Å²) in [6.45, 7) is 3.52. The predicted octanol–water partition coefficient (Wildman–Crippen LogP) is 5.50. The summed E-state index contributed by atoms with van der Waals surface area (Å²) in [7, 11) is 0.